The van der Waals surface area contributed by atoms with Crippen LogP contribution in [0.4, 0.5) is 5.69 Å². The number of nitrogens with zero attached hydrogens (tertiary/aromatic N) is 7. The lowest BCUT2D eigenvalue weighted by molar-refractivity contribution is 0.170. The van der Waals surface area contributed by atoms with Crippen molar-refractivity contribution in [2.24, 2.45) is 0 Å². The smallest absolute Gasteiger partial charge is 0.258 e. The highest BCUT2D eigenvalue weighted by Gasteiger charge is 2.26. The summed E-state index contributed by atoms with van der Waals surface area (Å²) in [7, 11) is 2.17. The summed E-state index contributed by atoms with van der Waals surface area (Å²) < 4.78 is 3.43. The molecule has 160 valence electrons. The summed E-state index contributed by atoms with van der Waals surface area (Å²) in [5, 5.41) is 4.62. The third-order valence-corrected chi connectivity index (χ3v) is 6.39. The van der Waals surface area contributed by atoms with Gasteiger partial charge < -0.3 is 4.90 Å². The highest BCUT2D eigenvalue weighted by atomic mass is 16.1. The Kier molecular flexibility index (Phi) is 4.55. The number of aromatic nitrogens is 5. The van der Waals surface area contributed by atoms with Crippen molar-refractivity contribution in [1.82, 2.24) is 28.9 Å². The normalized spacial score (nSPS) is 20.1. The zero-order valence-corrected chi connectivity index (χ0v) is 18.6. The van der Waals surface area contributed by atoms with Crippen LogP contribution in [0.1, 0.15) is 25.2 Å². The first kappa shape index (κ1) is 19.7. The first-order chi connectivity index (χ1) is 14.8. The molecule has 8 nitrogen and oxygen atoms in total. The van der Waals surface area contributed by atoms with Gasteiger partial charge in [0.2, 0.25) is 0 Å². The van der Waals surface area contributed by atoms with Crippen molar-refractivity contribution < 1.29 is 0 Å². The van der Waals surface area contributed by atoms with Gasteiger partial charge in [-0.1, -0.05) is 0 Å². The summed E-state index contributed by atoms with van der Waals surface area (Å²) in [6.45, 7) is 10.2. The second-order valence-corrected chi connectivity index (χ2v) is 8.69. The average Bonchev–Trinajstić information content (AvgIpc) is 3.16. The first-order valence-corrected chi connectivity index (χ1v) is 10.6. The summed E-state index contributed by atoms with van der Waals surface area (Å²) in [6, 6.07) is 8.37. The molecular weight excluding hydrogens is 390 g/mol. The molecule has 0 bridgehead atoms. The molecule has 0 N–H and O–H groups in total. The lowest BCUT2D eigenvalue weighted by Crippen LogP contribution is -2.55. The van der Waals surface area contributed by atoms with Crippen molar-refractivity contribution >= 4 is 16.9 Å². The molecule has 1 aliphatic heterocycles. The van der Waals surface area contributed by atoms with Gasteiger partial charge in [0.15, 0.2) is 0 Å². The van der Waals surface area contributed by atoms with E-state index in [2.05, 4.69) is 46.8 Å². The van der Waals surface area contributed by atoms with E-state index in [1.165, 1.54) is 0 Å². The van der Waals surface area contributed by atoms with Gasteiger partial charge in [-0.15, -0.1) is 0 Å². The van der Waals surface area contributed by atoms with Crippen molar-refractivity contribution in [1.29, 1.82) is 0 Å². The fourth-order valence-electron chi connectivity index (χ4n) is 4.44. The highest BCUT2D eigenvalue weighted by molar-refractivity contribution is 5.66. The Balaban J connectivity index is 1.54. The summed E-state index contributed by atoms with van der Waals surface area (Å²) in [5.41, 5.74) is 5.49. The molecule has 5 heterocycles. The average molecular weight is 418 g/mol. The van der Waals surface area contributed by atoms with Crippen LogP contribution in [0, 0.1) is 13.8 Å². The molecule has 0 amide bonds. The fourth-order valence-corrected chi connectivity index (χ4v) is 4.44. The number of pyridine rings is 1. The number of aryl methyl sites for hydroxylation is 2. The van der Waals surface area contributed by atoms with Crippen molar-refractivity contribution in [3.05, 3.63) is 58.4 Å². The third-order valence-electron chi connectivity index (χ3n) is 6.39. The Morgan fingerprint density at radius 2 is 1.71 bits per heavy atom. The number of piperazine rings is 1. The van der Waals surface area contributed by atoms with Gasteiger partial charge in [-0.3, -0.25) is 19.1 Å². The Labute approximate surface area is 180 Å². The number of anilines is 1. The van der Waals surface area contributed by atoms with E-state index in [4.69, 9.17) is 4.98 Å². The number of rotatable bonds is 2. The lowest BCUT2D eigenvalue weighted by atomic mass is 10.1. The van der Waals surface area contributed by atoms with Gasteiger partial charge in [-0.05, 0) is 52.9 Å². The van der Waals surface area contributed by atoms with Crippen LogP contribution >= 0.6 is 0 Å². The van der Waals surface area contributed by atoms with Crippen LogP contribution in [-0.4, -0.2) is 61.1 Å². The largest absolute Gasteiger partial charge is 0.367 e. The van der Waals surface area contributed by atoms with Gasteiger partial charge >= 0.3 is 0 Å². The second-order valence-electron chi connectivity index (χ2n) is 8.69. The van der Waals surface area contributed by atoms with Crippen molar-refractivity contribution in [2.75, 3.05) is 25.0 Å². The van der Waals surface area contributed by atoms with Crippen LogP contribution in [0.5, 0.6) is 0 Å². The van der Waals surface area contributed by atoms with E-state index in [1.54, 1.807) is 15.0 Å². The topological polar surface area (TPSA) is 71.0 Å². The van der Waals surface area contributed by atoms with Gasteiger partial charge in [0.1, 0.15) is 11.3 Å². The van der Waals surface area contributed by atoms with Crippen molar-refractivity contribution in [3.63, 3.8) is 0 Å². The SMILES string of the molecule is Cc1cn2nc(-c3cc(=O)n4cc(N5CC(C)N(C)C(C)C5)ccc4n3)cc2c(C)n1. The predicted molar refractivity (Wildman–Crippen MR) is 122 cm³/mol. The Bertz CT molecular complexity index is 1340. The van der Waals surface area contributed by atoms with Crippen LogP contribution in [-0.2, 0) is 0 Å². The molecule has 0 aromatic carbocycles. The fraction of sp³-hybridized carbons (Fsp3) is 0.391. The number of hydrogen-bond donors (Lipinski definition) is 0. The van der Waals surface area contributed by atoms with E-state index in [-0.39, 0.29) is 5.56 Å². The monoisotopic (exact) mass is 417 g/mol. The first-order valence-electron chi connectivity index (χ1n) is 10.6. The molecule has 1 fully saturated rings. The number of hydrogen-bond acceptors (Lipinski definition) is 6. The molecule has 2 unspecified atom stereocenters. The Morgan fingerprint density at radius 3 is 2.45 bits per heavy atom. The zero-order chi connectivity index (χ0) is 21.9. The zero-order valence-electron chi connectivity index (χ0n) is 18.6. The van der Waals surface area contributed by atoms with Crippen LogP contribution in [0.25, 0.3) is 22.6 Å². The minimum Gasteiger partial charge on any atom is -0.367 e. The summed E-state index contributed by atoms with van der Waals surface area (Å²) >= 11 is 0. The molecule has 0 spiro atoms. The number of fused-ring (bicyclic) bond motifs is 2. The van der Waals surface area contributed by atoms with E-state index in [0.29, 0.717) is 29.1 Å². The minimum atomic E-state index is -0.111. The maximum atomic E-state index is 13.0. The highest BCUT2D eigenvalue weighted by Crippen LogP contribution is 2.23. The van der Waals surface area contributed by atoms with Crippen LogP contribution in [0.15, 0.2) is 41.5 Å². The van der Waals surface area contributed by atoms with E-state index in [1.807, 2.05) is 38.4 Å². The molecule has 1 saturated heterocycles. The molecule has 8 heteroatoms. The Morgan fingerprint density at radius 1 is 0.968 bits per heavy atom. The van der Waals surface area contributed by atoms with E-state index in [0.717, 1.165) is 35.7 Å². The van der Waals surface area contributed by atoms with Gasteiger partial charge in [0.25, 0.3) is 5.56 Å². The summed E-state index contributed by atoms with van der Waals surface area (Å²) in [4.78, 5) is 26.9. The van der Waals surface area contributed by atoms with Crippen LogP contribution in [0.2, 0.25) is 0 Å². The van der Waals surface area contributed by atoms with Crippen molar-refractivity contribution in [3.8, 4) is 11.4 Å². The molecular formula is C23H27N7O. The molecule has 1 aliphatic rings. The van der Waals surface area contributed by atoms with Crippen LogP contribution in [0.3, 0.4) is 0 Å². The predicted octanol–water partition coefficient (Wildman–Crippen LogP) is 2.55. The van der Waals surface area contributed by atoms with Gasteiger partial charge in [0, 0.05) is 37.4 Å². The quantitative estimate of drug-likeness (QED) is 0.499. The lowest BCUT2D eigenvalue weighted by Gasteiger charge is -2.43. The number of likely N-dealkylation sites (N-methyl/N-ethyl adjacent to an activating group) is 1. The summed E-state index contributed by atoms with van der Waals surface area (Å²) in [6.07, 6.45) is 3.78. The molecule has 4 aromatic rings. The van der Waals surface area contributed by atoms with Crippen LogP contribution < -0.4 is 10.5 Å². The maximum Gasteiger partial charge on any atom is 0.258 e. The van der Waals surface area contributed by atoms with E-state index >= 15 is 0 Å². The molecule has 0 saturated carbocycles. The van der Waals surface area contributed by atoms with Gasteiger partial charge in [-0.25, -0.2) is 9.50 Å². The Hall–Kier alpha value is -3.26. The minimum absolute atomic E-state index is 0.111. The molecule has 31 heavy (non-hydrogen) atoms. The van der Waals surface area contributed by atoms with Crippen molar-refractivity contribution in [2.45, 2.75) is 39.8 Å². The molecule has 5 rings (SSSR count). The van der Waals surface area contributed by atoms with Gasteiger partial charge in [0.05, 0.1) is 34.5 Å². The standard InChI is InChI=1S/C23H27N7O/c1-14-10-30-21(17(4)24-14)8-20(26-30)19-9-23(31)29-13-18(6-7-22(29)25-19)28-11-15(2)27(5)16(3)12-28/h6-10,13,15-16H,11-12H2,1-5H3. The van der Waals surface area contributed by atoms with Gasteiger partial charge in [-0.2, -0.15) is 5.10 Å². The molecule has 0 radical (unpaired) electrons. The second kappa shape index (κ2) is 7.16. The third kappa shape index (κ3) is 3.37. The molecule has 4 aromatic heterocycles. The maximum absolute atomic E-state index is 13.0. The van der Waals surface area contributed by atoms with E-state index < -0.39 is 0 Å². The van der Waals surface area contributed by atoms with E-state index in [9.17, 15) is 4.79 Å². The summed E-state index contributed by atoms with van der Waals surface area (Å²) in [5.74, 6) is 0. The molecule has 2 atom stereocenters. The molecule has 0 aliphatic carbocycles.